The van der Waals surface area contributed by atoms with Crippen molar-refractivity contribution in [1.82, 2.24) is 0 Å². The van der Waals surface area contributed by atoms with Crippen molar-refractivity contribution >= 4 is 11.6 Å². The first kappa shape index (κ1) is 10.8. The minimum atomic E-state index is 0.807. The van der Waals surface area contributed by atoms with E-state index in [1.807, 2.05) is 12.1 Å². The Kier molecular flexibility index (Phi) is 3.85. The van der Waals surface area contributed by atoms with Crippen molar-refractivity contribution in [2.45, 2.75) is 32.1 Å². The van der Waals surface area contributed by atoms with E-state index in [1.54, 1.807) is 0 Å². The van der Waals surface area contributed by atoms with Crippen LogP contribution in [0, 0.1) is 6.42 Å². The second kappa shape index (κ2) is 5.37. The Balaban J connectivity index is 2.01. The first-order valence-corrected chi connectivity index (χ1v) is 6.02. The molecule has 0 heterocycles. The van der Waals surface area contributed by atoms with Crippen molar-refractivity contribution in [3.63, 3.8) is 0 Å². The molecule has 0 saturated carbocycles. The van der Waals surface area contributed by atoms with E-state index in [9.17, 15) is 0 Å². The number of halogens is 1. The fraction of sp³-hybridized carbons (Fsp3) is 0.357. The standard InChI is InChI=1S/C14H16Cl/c15-14-9-7-13(8-10-14)11-12-5-3-1-2-4-6-12/h5,7-11H,1-4,6H2. The molecule has 0 N–H and O–H groups in total. The van der Waals surface area contributed by atoms with Crippen molar-refractivity contribution in [3.8, 4) is 0 Å². The van der Waals surface area contributed by atoms with E-state index in [-0.39, 0.29) is 0 Å². The third-order valence-corrected chi connectivity index (χ3v) is 3.05. The van der Waals surface area contributed by atoms with Crippen LogP contribution in [0.25, 0.3) is 0 Å². The molecule has 79 valence electrons. The molecule has 0 bridgehead atoms. The lowest BCUT2D eigenvalue weighted by molar-refractivity contribution is 0.712. The highest BCUT2D eigenvalue weighted by atomic mass is 35.5. The summed E-state index contributed by atoms with van der Waals surface area (Å²) in [5, 5.41) is 0.807. The maximum absolute atomic E-state index is 5.85. The summed E-state index contributed by atoms with van der Waals surface area (Å²) in [6.07, 6.45) is 11.2. The maximum Gasteiger partial charge on any atom is 0.0406 e. The predicted octanol–water partition coefficient (Wildman–Crippen LogP) is 4.78. The van der Waals surface area contributed by atoms with Crippen LogP contribution in [0.5, 0.6) is 0 Å². The van der Waals surface area contributed by atoms with E-state index in [2.05, 4.69) is 24.6 Å². The van der Waals surface area contributed by atoms with Gasteiger partial charge in [-0.1, -0.05) is 41.8 Å². The average molecular weight is 220 g/mol. The molecule has 0 nitrogen and oxygen atoms in total. The summed E-state index contributed by atoms with van der Waals surface area (Å²) in [4.78, 5) is 0. The molecule has 0 fully saturated rings. The van der Waals surface area contributed by atoms with Crippen molar-refractivity contribution in [3.05, 3.63) is 52.9 Å². The Labute approximate surface area is 97.0 Å². The van der Waals surface area contributed by atoms with Gasteiger partial charge in [0, 0.05) is 11.4 Å². The molecule has 1 aliphatic carbocycles. The van der Waals surface area contributed by atoms with Crippen LogP contribution >= 0.6 is 11.6 Å². The average Bonchev–Trinajstić information content (AvgIpc) is 2.50. The van der Waals surface area contributed by atoms with E-state index >= 15 is 0 Å². The van der Waals surface area contributed by atoms with E-state index in [0.717, 1.165) is 5.02 Å². The van der Waals surface area contributed by atoms with Crippen LogP contribution in [-0.4, -0.2) is 0 Å². The largest absolute Gasteiger partial charge is 0.0847 e. The monoisotopic (exact) mass is 219 g/mol. The van der Waals surface area contributed by atoms with Crippen LogP contribution < -0.4 is 0 Å². The van der Waals surface area contributed by atoms with Crippen molar-refractivity contribution in [2.24, 2.45) is 0 Å². The van der Waals surface area contributed by atoms with Crippen LogP contribution in [0.3, 0.4) is 0 Å². The molecule has 1 radical (unpaired) electrons. The summed E-state index contributed by atoms with van der Waals surface area (Å²) in [6, 6.07) is 8.05. The molecular formula is C14H16Cl. The molecule has 1 aliphatic rings. The lowest BCUT2D eigenvalue weighted by atomic mass is 10.0. The first-order chi connectivity index (χ1) is 7.34. The second-order valence-corrected chi connectivity index (χ2v) is 4.51. The number of rotatable bonds is 2. The fourth-order valence-electron chi connectivity index (χ4n) is 1.94. The smallest absolute Gasteiger partial charge is 0.0406 e. The number of allylic oxidation sites excluding steroid dienone is 2. The minimum absolute atomic E-state index is 0.807. The zero-order valence-electron chi connectivity index (χ0n) is 8.88. The van der Waals surface area contributed by atoms with Crippen LogP contribution in [0.2, 0.25) is 5.02 Å². The van der Waals surface area contributed by atoms with Gasteiger partial charge in [0.25, 0.3) is 0 Å². The van der Waals surface area contributed by atoms with Gasteiger partial charge in [-0.15, -0.1) is 0 Å². The van der Waals surface area contributed by atoms with Crippen LogP contribution in [0.1, 0.15) is 37.7 Å². The number of benzene rings is 1. The second-order valence-electron chi connectivity index (χ2n) is 4.07. The van der Waals surface area contributed by atoms with Crippen molar-refractivity contribution < 1.29 is 0 Å². The van der Waals surface area contributed by atoms with Gasteiger partial charge >= 0.3 is 0 Å². The van der Waals surface area contributed by atoms with Gasteiger partial charge < -0.3 is 0 Å². The molecular weight excluding hydrogens is 204 g/mol. The lowest BCUT2D eigenvalue weighted by Crippen LogP contribution is -1.87. The minimum Gasteiger partial charge on any atom is -0.0847 e. The SMILES string of the molecule is Clc1ccc([CH]C2=CCCCCC2)cc1. The van der Waals surface area contributed by atoms with E-state index in [1.165, 1.54) is 43.2 Å². The van der Waals surface area contributed by atoms with Crippen LogP contribution in [0.15, 0.2) is 35.9 Å². The molecule has 0 saturated heterocycles. The summed E-state index contributed by atoms with van der Waals surface area (Å²) in [7, 11) is 0. The third-order valence-electron chi connectivity index (χ3n) is 2.80. The van der Waals surface area contributed by atoms with E-state index in [4.69, 9.17) is 11.6 Å². The molecule has 1 aromatic rings. The Morgan fingerprint density at radius 1 is 1.00 bits per heavy atom. The molecule has 15 heavy (non-hydrogen) atoms. The van der Waals surface area contributed by atoms with Gasteiger partial charge in [-0.3, -0.25) is 0 Å². The quantitative estimate of drug-likeness (QED) is 0.672. The Bertz CT molecular complexity index is 335. The van der Waals surface area contributed by atoms with Gasteiger partial charge in [-0.25, -0.2) is 0 Å². The van der Waals surface area contributed by atoms with Gasteiger partial charge in [0.05, 0.1) is 0 Å². The zero-order chi connectivity index (χ0) is 10.5. The van der Waals surface area contributed by atoms with Crippen molar-refractivity contribution in [2.75, 3.05) is 0 Å². The van der Waals surface area contributed by atoms with Gasteiger partial charge in [-0.2, -0.15) is 0 Å². The Morgan fingerprint density at radius 2 is 1.80 bits per heavy atom. The van der Waals surface area contributed by atoms with Gasteiger partial charge in [0.1, 0.15) is 0 Å². The molecule has 0 aliphatic heterocycles. The van der Waals surface area contributed by atoms with E-state index in [0.29, 0.717) is 0 Å². The summed E-state index contributed by atoms with van der Waals surface area (Å²) in [6.45, 7) is 0. The molecule has 0 unspecified atom stereocenters. The Morgan fingerprint density at radius 3 is 2.60 bits per heavy atom. The van der Waals surface area contributed by atoms with Gasteiger partial charge in [-0.05, 0) is 43.4 Å². The topological polar surface area (TPSA) is 0 Å². The summed E-state index contributed by atoms with van der Waals surface area (Å²) in [5.74, 6) is 0. The van der Waals surface area contributed by atoms with E-state index < -0.39 is 0 Å². The maximum atomic E-state index is 5.85. The highest BCUT2D eigenvalue weighted by Gasteiger charge is 2.04. The van der Waals surface area contributed by atoms with Gasteiger partial charge in [0.2, 0.25) is 0 Å². The molecule has 0 amide bonds. The molecule has 1 aromatic carbocycles. The first-order valence-electron chi connectivity index (χ1n) is 5.64. The normalized spacial score (nSPS) is 17.0. The predicted molar refractivity (Wildman–Crippen MR) is 66.0 cm³/mol. The Hall–Kier alpha value is -0.750. The molecule has 1 heteroatoms. The third kappa shape index (κ3) is 3.39. The highest BCUT2D eigenvalue weighted by Crippen LogP contribution is 2.22. The summed E-state index contributed by atoms with van der Waals surface area (Å²) in [5.41, 5.74) is 2.74. The number of hydrogen-bond acceptors (Lipinski definition) is 0. The van der Waals surface area contributed by atoms with Crippen molar-refractivity contribution in [1.29, 1.82) is 0 Å². The lowest BCUT2D eigenvalue weighted by Gasteiger charge is -2.04. The molecule has 0 spiro atoms. The summed E-state index contributed by atoms with van der Waals surface area (Å²) >= 11 is 5.85. The molecule has 0 atom stereocenters. The molecule has 2 rings (SSSR count). The fourth-order valence-corrected chi connectivity index (χ4v) is 2.07. The zero-order valence-corrected chi connectivity index (χ0v) is 9.63. The highest BCUT2D eigenvalue weighted by molar-refractivity contribution is 6.30. The van der Waals surface area contributed by atoms with Crippen LogP contribution in [-0.2, 0) is 0 Å². The summed E-state index contributed by atoms with van der Waals surface area (Å²) < 4.78 is 0. The number of hydrogen-bond donors (Lipinski definition) is 0. The van der Waals surface area contributed by atoms with Crippen LogP contribution in [0.4, 0.5) is 0 Å². The molecule has 0 aromatic heterocycles. The van der Waals surface area contributed by atoms with Gasteiger partial charge in [0.15, 0.2) is 0 Å².